The number of carboxylic acid groups (broad SMARTS) is 1. The van der Waals surface area contributed by atoms with E-state index in [2.05, 4.69) is 22.8 Å². The van der Waals surface area contributed by atoms with E-state index in [1.54, 1.807) is 11.8 Å². The van der Waals surface area contributed by atoms with Gasteiger partial charge in [0, 0.05) is 24.1 Å². The van der Waals surface area contributed by atoms with Gasteiger partial charge >= 0.3 is 12.1 Å². The Morgan fingerprint density at radius 2 is 1.73 bits per heavy atom. The van der Waals surface area contributed by atoms with Gasteiger partial charge in [0.05, 0.1) is 0 Å². The Balaban J connectivity index is 1.39. The van der Waals surface area contributed by atoms with Gasteiger partial charge in [-0.3, -0.25) is 9.59 Å². The van der Waals surface area contributed by atoms with Crippen LogP contribution in [0, 0.1) is 0 Å². The van der Waals surface area contributed by atoms with E-state index in [1.165, 1.54) is 0 Å². The summed E-state index contributed by atoms with van der Waals surface area (Å²) in [7, 11) is 0. The summed E-state index contributed by atoms with van der Waals surface area (Å²) < 4.78 is 5.54. The van der Waals surface area contributed by atoms with Gasteiger partial charge in [-0.15, -0.1) is 0 Å². The van der Waals surface area contributed by atoms with Crippen molar-refractivity contribution in [3.05, 3.63) is 59.7 Å². The first-order valence-corrected chi connectivity index (χ1v) is 12.4. The number of carboxylic acids is 1. The highest BCUT2D eigenvalue weighted by Crippen LogP contribution is 2.44. The molecular formula is C25H28N2O5S. The van der Waals surface area contributed by atoms with Crippen molar-refractivity contribution in [3.8, 4) is 11.1 Å². The van der Waals surface area contributed by atoms with Crippen molar-refractivity contribution < 1.29 is 24.2 Å². The molecule has 8 heteroatoms. The number of rotatable bonds is 8. The van der Waals surface area contributed by atoms with Crippen LogP contribution in [0.4, 0.5) is 4.79 Å². The van der Waals surface area contributed by atoms with Gasteiger partial charge in [0.15, 0.2) is 0 Å². The monoisotopic (exact) mass is 468 g/mol. The lowest BCUT2D eigenvalue weighted by Gasteiger charge is -2.25. The molecule has 4 rings (SSSR count). The Bertz CT molecular complexity index is 976. The van der Waals surface area contributed by atoms with E-state index in [0.29, 0.717) is 0 Å². The van der Waals surface area contributed by atoms with Crippen molar-refractivity contribution in [1.82, 2.24) is 10.6 Å². The van der Waals surface area contributed by atoms with Crippen molar-refractivity contribution in [2.75, 3.05) is 18.1 Å². The Hall–Kier alpha value is -3.00. The number of ether oxygens (including phenoxy) is 1. The lowest BCUT2D eigenvalue weighted by molar-refractivity contribution is -0.137. The van der Waals surface area contributed by atoms with Crippen molar-refractivity contribution in [1.29, 1.82) is 0 Å². The molecule has 1 aliphatic heterocycles. The van der Waals surface area contributed by atoms with E-state index in [4.69, 9.17) is 9.84 Å². The number of amides is 2. The number of alkyl carbamates (subject to hydrolysis) is 1. The summed E-state index contributed by atoms with van der Waals surface area (Å²) in [5.74, 6) is 0.427. The topological polar surface area (TPSA) is 105 Å². The fourth-order valence-corrected chi connectivity index (χ4v) is 5.55. The van der Waals surface area contributed by atoms with Gasteiger partial charge in [0.25, 0.3) is 0 Å². The van der Waals surface area contributed by atoms with Gasteiger partial charge in [0.1, 0.15) is 12.6 Å². The molecule has 0 bridgehead atoms. The Labute approximate surface area is 197 Å². The average Bonchev–Trinajstić information content (AvgIpc) is 3.14. The summed E-state index contributed by atoms with van der Waals surface area (Å²) in [6.45, 7) is 0.131. The molecular weight excluding hydrogens is 440 g/mol. The number of carbonyl (C=O) groups is 3. The molecule has 33 heavy (non-hydrogen) atoms. The molecule has 2 unspecified atom stereocenters. The molecule has 0 radical (unpaired) electrons. The average molecular weight is 469 g/mol. The number of fused-ring (bicyclic) bond motifs is 3. The molecule has 0 spiro atoms. The second-order valence-corrected chi connectivity index (χ2v) is 9.53. The van der Waals surface area contributed by atoms with Crippen LogP contribution in [-0.4, -0.2) is 53.3 Å². The number of nitrogens with one attached hydrogen (secondary N) is 2. The number of hydrogen-bond donors (Lipinski definition) is 3. The van der Waals surface area contributed by atoms with Crippen molar-refractivity contribution in [2.45, 2.75) is 43.7 Å². The SMILES string of the molecule is O=C(O)CCC(NC(=O)OCC1c2ccccc2-c2ccccc21)C(=O)NC1CCCSC1. The summed E-state index contributed by atoms with van der Waals surface area (Å²) in [5, 5.41) is 14.6. The van der Waals surface area contributed by atoms with Gasteiger partial charge in [-0.05, 0) is 47.3 Å². The van der Waals surface area contributed by atoms with Crippen LogP contribution in [0.1, 0.15) is 42.7 Å². The first-order chi connectivity index (χ1) is 16.0. The Morgan fingerprint density at radius 1 is 1.06 bits per heavy atom. The molecule has 0 aromatic heterocycles. The largest absolute Gasteiger partial charge is 0.481 e. The highest BCUT2D eigenvalue weighted by molar-refractivity contribution is 7.99. The second kappa shape index (κ2) is 10.7. The van der Waals surface area contributed by atoms with Gasteiger partial charge in [0.2, 0.25) is 5.91 Å². The molecule has 2 amide bonds. The quantitative estimate of drug-likeness (QED) is 0.545. The molecule has 1 saturated heterocycles. The van der Waals surface area contributed by atoms with E-state index in [9.17, 15) is 14.4 Å². The number of aliphatic carboxylic acids is 1. The van der Waals surface area contributed by atoms with Crippen molar-refractivity contribution in [2.24, 2.45) is 0 Å². The van der Waals surface area contributed by atoms with E-state index in [0.717, 1.165) is 46.6 Å². The highest BCUT2D eigenvalue weighted by Gasteiger charge is 2.30. The van der Waals surface area contributed by atoms with Gasteiger partial charge in [-0.1, -0.05) is 48.5 Å². The molecule has 174 valence electrons. The summed E-state index contributed by atoms with van der Waals surface area (Å²) >= 11 is 1.78. The molecule has 2 aliphatic rings. The Kier molecular flexibility index (Phi) is 7.54. The third kappa shape index (κ3) is 5.68. The minimum Gasteiger partial charge on any atom is -0.481 e. The minimum atomic E-state index is -1.02. The first-order valence-electron chi connectivity index (χ1n) is 11.2. The van der Waals surface area contributed by atoms with Crippen LogP contribution in [0.2, 0.25) is 0 Å². The van der Waals surface area contributed by atoms with E-state index < -0.39 is 18.1 Å². The normalized spacial score (nSPS) is 18.0. The van der Waals surface area contributed by atoms with E-state index in [1.807, 2.05) is 36.4 Å². The smallest absolute Gasteiger partial charge is 0.407 e. The maximum Gasteiger partial charge on any atom is 0.407 e. The van der Waals surface area contributed by atoms with Crippen LogP contribution in [0.25, 0.3) is 11.1 Å². The van der Waals surface area contributed by atoms with E-state index in [-0.39, 0.29) is 37.3 Å². The van der Waals surface area contributed by atoms with Gasteiger partial charge < -0.3 is 20.5 Å². The molecule has 1 aliphatic carbocycles. The van der Waals surface area contributed by atoms with Gasteiger partial charge in [-0.2, -0.15) is 11.8 Å². The van der Waals surface area contributed by atoms with Crippen LogP contribution in [-0.2, 0) is 14.3 Å². The van der Waals surface area contributed by atoms with Crippen LogP contribution in [0.15, 0.2) is 48.5 Å². The molecule has 1 heterocycles. The maximum absolute atomic E-state index is 12.8. The zero-order chi connectivity index (χ0) is 23.2. The predicted molar refractivity (Wildman–Crippen MR) is 127 cm³/mol. The van der Waals surface area contributed by atoms with E-state index >= 15 is 0 Å². The summed E-state index contributed by atoms with van der Waals surface area (Å²) in [6, 6.07) is 15.2. The summed E-state index contributed by atoms with van der Waals surface area (Å²) in [6.07, 6.45) is 0.970. The second-order valence-electron chi connectivity index (χ2n) is 8.38. The fourth-order valence-electron chi connectivity index (χ4n) is 4.48. The summed E-state index contributed by atoms with van der Waals surface area (Å²) in [4.78, 5) is 36.4. The highest BCUT2D eigenvalue weighted by atomic mass is 32.2. The number of hydrogen-bond acceptors (Lipinski definition) is 5. The van der Waals surface area contributed by atoms with Crippen LogP contribution < -0.4 is 10.6 Å². The molecule has 2 aromatic rings. The summed E-state index contributed by atoms with van der Waals surface area (Å²) in [5.41, 5.74) is 4.46. The first kappa shape index (κ1) is 23.2. The predicted octanol–water partition coefficient (Wildman–Crippen LogP) is 3.77. The van der Waals surface area contributed by atoms with Crippen molar-refractivity contribution in [3.63, 3.8) is 0 Å². The molecule has 3 N–H and O–H groups in total. The van der Waals surface area contributed by atoms with Crippen LogP contribution in [0.3, 0.4) is 0 Å². The lowest BCUT2D eigenvalue weighted by Crippen LogP contribution is -2.51. The molecule has 1 fully saturated rings. The zero-order valence-electron chi connectivity index (χ0n) is 18.3. The Morgan fingerprint density at radius 3 is 2.33 bits per heavy atom. The third-order valence-electron chi connectivity index (χ3n) is 6.11. The maximum atomic E-state index is 12.8. The molecule has 0 saturated carbocycles. The molecule has 2 aromatic carbocycles. The minimum absolute atomic E-state index is 0.00518. The number of carbonyl (C=O) groups excluding carboxylic acids is 2. The number of thioether (sulfide) groups is 1. The standard InChI is InChI=1S/C25H28N2O5S/c28-23(29)12-11-22(24(30)26-16-6-5-13-33-15-16)27-25(31)32-14-21-19-9-3-1-7-17(19)18-8-2-4-10-20(18)21/h1-4,7-10,16,21-22H,5-6,11-15H2,(H,26,30)(H,27,31)(H,28,29). The van der Waals surface area contributed by atoms with Gasteiger partial charge in [-0.25, -0.2) is 4.79 Å². The zero-order valence-corrected chi connectivity index (χ0v) is 19.1. The molecule has 7 nitrogen and oxygen atoms in total. The molecule has 2 atom stereocenters. The lowest BCUT2D eigenvalue weighted by atomic mass is 9.98. The third-order valence-corrected chi connectivity index (χ3v) is 7.32. The number of benzene rings is 2. The fraction of sp³-hybridized carbons (Fsp3) is 0.400. The van der Waals surface area contributed by atoms with Crippen LogP contribution >= 0.6 is 11.8 Å². The van der Waals surface area contributed by atoms with Crippen LogP contribution in [0.5, 0.6) is 0 Å². The van der Waals surface area contributed by atoms with Crippen molar-refractivity contribution >= 4 is 29.7 Å².